The van der Waals surface area contributed by atoms with E-state index in [1.165, 1.54) is 4.90 Å². The summed E-state index contributed by atoms with van der Waals surface area (Å²) >= 11 is 0. The lowest BCUT2D eigenvalue weighted by atomic mass is 10.1. The Morgan fingerprint density at radius 1 is 0.853 bits per heavy atom. The van der Waals surface area contributed by atoms with Crippen molar-refractivity contribution in [3.63, 3.8) is 0 Å². The van der Waals surface area contributed by atoms with Crippen LogP contribution in [0.25, 0.3) is 5.69 Å². The van der Waals surface area contributed by atoms with E-state index in [9.17, 15) is 14.4 Å². The summed E-state index contributed by atoms with van der Waals surface area (Å²) in [4.78, 5) is 41.5. The van der Waals surface area contributed by atoms with Crippen LogP contribution in [0.1, 0.15) is 32.7 Å². The molecule has 0 aliphatic heterocycles. The first kappa shape index (κ1) is 22.9. The fourth-order valence-corrected chi connectivity index (χ4v) is 3.82. The van der Waals surface area contributed by atoms with Gasteiger partial charge in [0, 0.05) is 13.6 Å². The molecule has 1 heterocycles. The van der Waals surface area contributed by atoms with Gasteiger partial charge in [-0.25, -0.2) is 4.79 Å². The molecule has 0 unspecified atom stereocenters. The minimum absolute atomic E-state index is 0.0381. The monoisotopic (exact) mass is 454 g/mol. The summed E-state index contributed by atoms with van der Waals surface area (Å²) in [6, 6.07) is 24.3. The van der Waals surface area contributed by atoms with Gasteiger partial charge in [0.1, 0.15) is 0 Å². The van der Waals surface area contributed by atoms with Gasteiger partial charge >= 0.3 is 5.69 Å². The third kappa shape index (κ3) is 4.88. The van der Waals surface area contributed by atoms with Gasteiger partial charge in [-0.2, -0.15) is 9.78 Å². The molecule has 0 radical (unpaired) electrons. The van der Waals surface area contributed by atoms with Gasteiger partial charge in [-0.1, -0.05) is 72.3 Å². The normalized spacial score (nSPS) is 10.8. The van der Waals surface area contributed by atoms with E-state index >= 15 is 0 Å². The number of hydrogen-bond acceptors (Lipinski definition) is 4. The summed E-state index contributed by atoms with van der Waals surface area (Å²) in [5.74, 6) is -0.548. The Bertz CT molecular complexity index is 1450. The number of benzene rings is 3. The van der Waals surface area contributed by atoms with E-state index in [-0.39, 0.29) is 12.2 Å². The molecule has 34 heavy (non-hydrogen) atoms. The molecule has 0 atom stereocenters. The first-order valence-corrected chi connectivity index (χ1v) is 11.0. The van der Waals surface area contributed by atoms with Crippen molar-refractivity contribution >= 4 is 5.91 Å². The second-order valence-corrected chi connectivity index (χ2v) is 8.41. The van der Waals surface area contributed by atoms with Crippen LogP contribution in [0, 0.1) is 13.8 Å². The lowest BCUT2D eigenvalue weighted by molar-refractivity contribution is 0.0773. The number of rotatable bonds is 6. The van der Waals surface area contributed by atoms with Crippen molar-refractivity contribution in [2.24, 2.45) is 0 Å². The molecule has 0 saturated heterocycles. The van der Waals surface area contributed by atoms with Gasteiger partial charge in [0.05, 0.1) is 12.2 Å². The Kier molecular flexibility index (Phi) is 6.54. The predicted octanol–water partition coefficient (Wildman–Crippen LogP) is 3.33. The Balaban J connectivity index is 1.83. The Morgan fingerprint density at radius 2 is 1.50 bits per heavy atom. The quantitative estimate of drug-likeness (QED) is 0.448. The van der Waals surface area contributed by atoms with Crippen LogP contribution in [0.4, 0.5) is 0 Å². The van der Waals surface area contributed by atoms with Gasteiger partial charge in [0.25, 0.3) is 11.5 Å². The highest BCUT2D eigenvalue weighted by Crippen LogP contribution is 2.10. The second kappa shape index (κ2) is 9.70. The Hall–Kier alpha value is -4.26. The number of carbonyl (C=O) groups is 1. The van der Waals surface area contributed by atoms with Gasteiger partial charge in [0.2, 0.25) is 5.69 Å². The largest absolute Gasteiger partial charge is 0.352 e. The molecule has 172 valence electrons. The first-order chi connectivity index (χ1) is 16.3. The van der Waals surface area contributed by atoms with Crippen molar-refractivity contribution in [2.45, 2.75) is 26.9 Å². The summed E-state index contributed by atoms with van der Waals surface area (Å²) in [7, 11) is 1.61. The molecule has 4 rings (SSSR count). The minimum atomic E-state index is -0.708. The Labute approximate surface area is 197 Å². The van der Waals surface area contributed by atoms with Gasteiger partial charge < -0.3 is 4.90 Å². The van der Waals surface area contributed by atoms with Crippen LogP contribution >= 0.6 is 0 Å². The molecule has 0 aliphatic carbocycles. The molecule has 3 aromatic carbocycles. The van der Waals surface area contributed by atoms with Crippen LogP contribution < -0.4 is 11.2 Å². The van der Waals surface area contributed by atoms with E-state index < -0.39 is 17.2 Å². The maximum Gasteiger partial charge on any atom is 0.352 e. The smallest absolute Gasteiger partial charge is 0.336 e. The summed E-state index contributed by atoms with van der Waals surface area (Å²) in [5.41, 5.74) is 2.53. The zero-order valence-corrected chi connectivity index (χ0v) is 19.4. The van der Waals surface area contributed by atoms with Gasteiger partial charge in [0.15, 0.2) is 0 Å². The molecule has 4 aromatic rings. The Morgan fingerprint density at radius 3 is 2.18 bits per heavy atom. The lowest BCUT2D eigenvalue weighted by Gasteiger charge is -2.18. The SMILES string of the molecule is Cc1cccc(Cn2c(=O)c(C(=O)N(C)Cc3ccccc3)nn(-c3cccc(C)c3)c2=O)c1. The van der Waals surface area contributed by atoms with Crippen LogP contribution in [0.15, 0.2) is 88.5 Å². The molecule has 7 nitrogen and oxygen atoms in total. The second-order valence-electron chi connectivity index (χ2n) is 8.41. The standard InChI is InChI=1S/C27H26N4O3/c1-19-9-7-13-22(15-19)18-30-26(33)24(25(32)29(3)17-21-11-5-4-6-12-21)28-31(27(30)34)23-14-8-10-20(2)16-23/h4-16H,17-18H2,1-3H3. The van der Waals surface area contributed by atoms with E-state index in [1.807, 2.05) is 74.5 Å². The molecule has 7 heteroatoms. The van der Waals surface area contributed by atoms with E-state index in [0.29, 0.717) is 12.2 Å². The molecule has 0 fully saturated rings. The van der Waals surface area contributed by atoms with Crippen LogP contribution in [0.3, 0.4) is 0 Å². The molecule has 1 amide bonds. The molecular weight excluding hydrogens is 428 g/mol. The van der Waals surface area contributed by atoms with Crippen molar-refractivity contribution in [3.8, 4) is 5.69 Å². The van der Waals surface area contributed by atoms with Crippen LogP contribution in [-0.2, 0) is 13.1 Å². The fraction of sp³-hybridized carbons (Fsp3) is 0.185. The van der Waals surface area contributed by atoms with Crippen molar-refractivity contribution < 1.29 is 4.79 Å². The lowest BCUT2D eigenvalue weighted by Crippen LogP contribution is -2.46. The van der Waals surface area contributed by atoms with Crippen molar-refractivity contribution in [3.05, 3.63) is 128 Å². The van der Waals surface area contributed by atoms with Crippen LogP contribution in [-0.4, -0.2) is 32.2 Å². The number of nitrogens with zero attached hydrogens (tertiary/aromatic N) is 4. The van der Waals surface area contributed by atoms with E-state index in [0.717, 1.165) is 31.5 Å². The minimum Gasteiger partial charge on any atom is -0.336 e. The average molecular weight is 455 g/mol. The molecule has 0 spiro atoms. The zero-order chi connectivity index (χ0) is 24.2. The number of hydrogen-bond donors (Lipinski definition) is 0. The molecule has 0 saturated carbocycles. The summed E-state index contributed by atoms with van der Waals surface area (Å²) < 4.78 is 2.21. The van der Waals surface area contributed by atoms with Crippen molar-refractivity contribution in [1.82, 2.24) is 19.2 Å². The highest BCUT2D eigenvalue weighted by molar-refractivity contribution is 5.91. The topological polar surface area (TPSA) is 77.2 Å². The first-order valence-electron chi connectivity index (χ1n) is 11.0. The van der Waals surface area contributed by atoms with Crippen molar-refractivity contribution in [1.29, 1.82) is 0 Å². The summed E-state index contributed by atoms with van der Waals surface area (Å²) in [6.45, 7) is 4.19. The van der Waals surface area contributed by atoms with Crippen molar-refractivity contribution in [2.75, 3.05) is 7.05 Å². The van der Waals surface area contributed by atoms with Crippen LogP contribution in [0.2, 0.25) is 0 Å². The maximum atomic E-state index is 13.4. The number of carbonyl (C=O) groups excluding carboxylic acids is 1. The molecule has 0 bridgehead atoms. The molecule has 1 aromatic heterocycles. The number of amides is 1. The highest BCUT2D eigenvalue weighted by Gasteiger charge is 2.23. The molecule has 0 aliphatic rings. The van der Waals surface area contributed by atoms with E-state index in [2.05, 4.69) is 5.10 Å². The molecular formula is C27H26N4O3. The third-order valence-electron chi connectivity index (χ3n) is 5.54. The number of aryl methyl sites for hydroxylation is 2. The van der Waals surface area contributed by atoms with Gasteiger partial charge in [-0.15, -0.1) is 0 Å². The van der Waals surface area contributed by atoms with E-state index in [4.69, 9.17) is 0 Å². The van der Waals surface area contributed by atoms with E-state index in [1.54, 1.807) is 25.2 Å². The highest BCUT2D eigenvalue weighted by atomic mass is 16.2. The summed E-state index contributed by atoms with van der Waals surface area (Å²) in [6.07, 6.45) is 0. The molecule has 0 N–H and O–H groups in total. The predicted molar refractivity (Wildman–Crippen MR) is 131 cm³/mol. The maximum absolute atomic E-state index is 13.4. The summed E-state index contributed by atoms with van der Waals surface area (Å²) in [5, 5.41) is 4.25. The number of aromatic nitrogens is 3. The van der Waals surface area contributed by atoms with Gasteiger partial charge in [-0.05, 0) is 42.7 Å². The van der Waals surface area contributed by atoms with Crippen LogP contribution in [0.5, 0.6) is 0 Å². The fourth-order valence-electron chi connectivity index (χ4n) is 3.82. The van der Waals surface area contributed by atoms with Gasteiger partial charge in [-0.3, -0.25) is 14.2 Å². The average Bonchev–Trinajstić information content (AvgIpc) is 2.82. The third-order valence-corrected chi connectivity index (χ3v) is 5.54. The zero-order valence-electron chi connectivity index (χ0n) is 19.4.